The third kappa shape index (κ3) is 4.16. The Bertz CT molecular complexity index is 421. The van der Waals surface area contributed by atoms with Gasteiger partial charge in [0.05, 0.1) is 6.10 Å². The summed E-state index contributed by atoms with van der Waals surface area (Å²) >= 11 is 5.87. The molecule has 0 heterocycles. The molecule has 2 rings (SSSR count). The van der Waals surface area contributed by atoms with Gasteiger partial charge in [-0.3, -0.25) is 0 Å². The molecule has 0 radical (unpaired) electrons. The van der Waals surface area contributed by atoms with Crippen molar-refractivity contribution in [2.75, 3.05) is 6.61 Å². The number of rotatable bonds is 6. The quantitative estimate of drug-likeness (QED) is 0.867. The van der Waals surface area contributed by atoms with Gasteiger partial charge in [0.1, 0.15) is 5.82 Å². The van der Waals surface area contributed by atoms with Gasteiger partial charge < -0.3 is 10.5 Å². The van der Waals surface area contributed by atoms with Crippen LogP contribution in [0.5, 0.6) is 0 Å². The summed E-state index contributed by atoms with van der Waals surface area (Å²) in [6.45, 7) is 2.79. The summed E-state index contributed by atoms with van der Waals surface area (Å²) in [5, 5.41) is 0.559. The summed E-state index contributed by atoms with van der Waals surface area (Å²) in [6, 6.07) is 4.62. The van der Waals surface area contributed by atoms with E-state index in [0.717, 1.165) is 25.9 Å². The Balaban J connectivity index is 1.79. The second-order valence-electron chi connectivity index (χ2n) is 5.35. The molecule has 0 spiro atoms. The highest BCUT2D eigenvalue weighted by Gasteiger charge is 2.30. The molecule has 0 aromatic heterocycles. The molecule has 0 amide bonds. The average molecular weight is 286 g/mol. The fourth-order valence-electron chi connectivity index (χ4n) is 2.73. The monoisotopic (exact) mass is 285 g/mol. The first-order valence-corrected chi connectivity index (χ1v) is 7.27. The molecule has 0 bridgehead atoms. The first kappa shape index (κ1) is 14.8. The highest BCUT2D eigenvalue weighted by Crippen LogP contribution is 2.33. The smallest absolute Gasteiger partial charge is 0.126 e. The van der Waals surface area contributed by atoms with E-state index in [1.165, 1.54) is 6.07 Å². The van der Waals surface area contributed by atoms with Crippen molar-refractivity contribution in [2.45, 2.75) is 44.8 Å². The third-order valence-corrected chi connectivity index (χ3v) is 3.96. The Morgan fingerprint density at radius 2 is 2.21 bits per heavy atom. The normalized spacial score (nSPS) is 24.0. The van der Waals surface area contributed by atoms with Gasteiger partial charge in [0.2, 0.25) is 0 Å². The standard InChI is InChI=1S/C15H21ClFNO/c1-2-19-14-6-10(7-14)5-13(18)9-11-8-12(16)3-4-15(11)17/h3-4,8,10,13-14H,2,5-7,9,18H2,1H3. The van der Waals surface area contributed by atoms with Crippen LogP contribution in [0.2, 0.25) is 5.02 Å². The minimum absolute atomic E-state index is 0.0134. The van der Waals surface area contributed by atoms with Gasteiger partial charge in [-0.05, 0) is 62.3 Å². The lowest BCUT2D eigenvalue weighted by Crippen LogP contribution is -2.36. The van der Waals surface area contributed by atoms with E-state index in [4.69, 9.17) is 22.1 Å². The van der Waals surface area contributed by atoms with Crippen LogP contribution >= 0.6 is 11.6 Å². The van der Waals surface area contributed by atoms with Gasteiger partial charge in [-0.25, -0.2) is 4.39 Å². The van der Waals surface area contributed by atoms with Crippen molar-refractivity contribution in [3.8, 4) is 0 Å². The van der Waals surface area contributed by atoms with E-state index in [9.17, 15) is 4.39 Å². The summed E-state index contributed by atoms with van der Waals surface area (Å²) in [6.07, 6.45) is 4.04. The Hall–Kier alpha value is -0.640. The summed E-state index contributed by atoms with van der Waals surface area (Å²) < 4.78 is 19.1. The number of hydrogen-bond acceptors (Lipinski definition) is 2. The Morgan fingerprint density at radius 1 is 1.47 bits per heavy atom. The van der Waals surface area contributed by atoms with Gasteiger partial charge in [0.15, 0.2) is 0 Å². The maximum absolute atomic E-state index is 13.6. The highest BCUT2D eigenvalue weighted by atomic mass is 35.5. The van der Waals surface area contributed by atoms with Crippen molar-refractivity contribution in [1.29, 1.82) is 0 Å². The minimum Gasteiger partial charge on any atom is -0.378 e. The molecular weight excluding hydrogens is 265 g/mol. The maximum atomic E-state index is 13.6. The number of halogens is 2. The maximum Gasteiger partial charge on any atom is 0.126 e. The Labute approximate surface area is 119 Å². The van der Waals surface area contributed by atoms with Gasteiger partial charge in [-0.1, -0.05) is 11.6 Å². The van der Waals surface area contributed by atoms with Crippen LogP contribution in [0.1, 0.15) is 31.7 Å². The highest BCUT2D eigenvalue weighted by molar-refractivity contribution is 6.30. The molecule has 1 saturated carbocycles. The predicted octanol–water partition coefficient (Wildman–Crippen LogP) is 3.55. The van der Waals surface area contributed by atoms with E-state index in [0.29, 0.717) is 29.0 Å². The van der Waals surface area contributed by atoms with E-state index in [-0.39, 0.29) is 11.9 Å². The van der Waals surface area contributed by atoms with Crippen molar-refractivity contribution in [3.05, 3.63) is 34.6 Å². The molecule has 106 valence electrons. The second-order valence-corrected chi connectivity index (χ2v) is 5.79. The number of benzene rings is 1. The lowest BCUT2D eigenvalue weighted by molar-refractivity contribution is -0.0281. The summed E-state index contributed by atoms with van der Waals surface area (Å²) in [4.78, 5) is 0. The van der Waals surface area contributed by atoms with Crippen LogP contribution in [-0.4, -0.2) is 18.8 Å². The van der Waals surface area contributed by atoms with E-state index in [1.54, 1.807) is 12.1 Å². The topological polar surface area (TPSA) is 35.2 Å². The molecule has 1 unspecified atom stereocenters. The molecule has 2 N–H and O–H groups in total. The summed E-state index contributed by atoms with van der Waals surface area (Å²) in [5.41, 5.74) is 6.72. The molecule has 4 heteroatoms. The minimum atomic E-state index is -0.222. The van der Waals surface area contributed by atoms with Crippen molar-refractivity contribution < 1.29 is 9.13 Å². The number of hydrogen-bond donors (Lipinski definition) is 1. The van der Waals surface area contributed by atoms with Crippen molar-refractivity contribution in [3.63, 3.8) is 0 Å². The lowest BCUT2D eigenvalue weighted by atomic mass is 9.77. The first-order chi connectivity index (χ1) is 9.08. The SMILES string of the molecule is CCOC1CC(CC(N)Cc2cc(Cl)ccc2F)C1. The molecule has 1 fully saturated rings. The number of ether oxygens (including phenoxy) is 1. The van der Waals surface area contributed by atoms with Gasteiger partial charge in [0, 0.05) is 17.7 Å². The zero-order valence-corrected chi connectivity index (χ0v) is 12.0. The zero-order valence-electron chi connectivity index (χ0n) is 11.2. The second kappa shape index (κ2) is 6.69. The average Bonchev–Trinajstić information content (AvgIpc) is 2.31. The Kier molecular flexibility index (Phi) is 5.20. The van der Waals surface area contributed by atoms with E-state index >= 15 is 0 Å². The predicted molar refractivity (Wildman–Crippen MR) is 75.8 cm³/mol. The van der Waals surface area contributed by atoms with Crippen LogP contribution in [0.4, 0.5) is 4.39 Å². The van der Waals surface area contributed by atoms with Crippen LogP contribution in [0, 0.1) is 11.7 Å². The van der Waals surface area contributed by atoms with Gasteiger partial charge in [0.25, 0.3) is 0 Å². The van der Waals surface area contributed by atoms with Crippen LogP contribution in [0.15, 0.2) is 18.2 Å². The molecule has 0 saturated heterocycles. The lowest BCUT2D eigenvalue weighted by Gasteiger charge is -2.36. The van der Waals surface area contributed by atoms with Crippen molar-refractivity contribution in [2.24, 2.45) is 11.7 Å². The van der Waals surface area contributed by atoms with Gasteiger partial charge >= 0.3 is 0 Å². The first-order valence-electron chi connectivity index (χ1n) is 6.89. The van der Waals surface area contributed by atoms with Gasteiger partial charge in [-0.15, -0.1) is 0 Å². The van der Waals surface area contributed by atoms with Crippen molar-refractivity contribution >= 4 is 11.6 Å². The summed E-state index contributed by atoms with van der Waals surface area (Å²) in [7, 11) is 0. The van der Waals surface area contributed by atoms with Crippen LogP contribution in [-0.2, 0) is 11.2 Å². The molecule has 0 aliphatic heterocycles. The fourth-order valence-corrected chi connectivity index (χ4v) is 2.93. The van der Waals surface area contributed by atoms with Crippen LogP contribution in [0.3, 0.4) is 0 Å². The van der Waals surface area contributed by atoms with Crippen molar-refractivity contribution in [1.82, 2.24) is 0 Å². The molecule has 2 nitrogen and oxygen atoms in total. The Morgan fingerprint density at radius 3 is 2.89 bits per heavy atom. The molecule has 1 aliphatic carbocycles. The largest absolute Gasteiger partial charge is 0.378 e. The molecule has 1 aliphatic rings. The molecule has 1 aromatic carbocycles. The van der Waals surface area contributed by atoms with E-state index in [1.807, 2.05) is 6.92 Å². The molecule has 1 atom stereocenters. The van der Waals surface area contributed by atoms with E-state index < -0.39 is 0 Å². The third-order valence-electron chi connectivity index (χ3n) is 3.72. The van der Waals surface area contributed by atoms with E-state index in [2.05, 4.69) is 0 Å². The van der Waals surface area contributed by atoms with Gasteiger partial charge in [-0.2, -0.15) is 0 Å². The summed E-state index contributed by atoms with van der Waals surface area (Å²) in [5.74, 6) is 0.398. The molecule has 19 heavy (non-hydrogen) atoms. The fraction of sp³-hybridized carbons (Fsp3) is 0.600. The van der Waals surface area contributed by atoms with Crippen LogP contribution in [0.25, 0.3) is 0 Å². The molecule has 1 aromatic rings. The molecular formula is C15H21ClFNO. The number of nitrogens with two attached hydrogens (primary N) is 1. The van der Waals surface area contributed by atoms with Crippen LogP contribution < -0.4 is 5.73 Å². The zero-order chi connectivity index (χ0) is 13.8.